The number of aryl methyl sites for hydroxylation is 1. The minimum atomic E-state index is 0.00368. The number of fused-ring (bicyclic) bond motifs is 1. The Balaban J connectivity index is 1.29. The van der Waals surface area contributed by atoms with E-state index in [0.29, 0.717) is 24.7 Å². The summed E-state index contributed by atoms with van der Waals surface area (Å²) in [4.78, 5) is 14.3. The van der Waals surface area contributed by atoms with Crippen LogP contribution in [0, 0.1) is 6.92 Å². The van der Waals surface area contributed by atoms with Crippen LogP contribution in [0.4, 0.5) is 0 Å². The molecule has 2 heterocycles. The lowest BCUT2D eigenvalue weighted by atomic mass is 10.1. The van der Waals surface area contributed by atoms with Gasteiger partial charge in [-0.15, -0.1) is 5.10 Å². The second-order valence-electron chi connectivity index (χ2n) is 7.04. The Morgan fingerprint density at radius 1 is 1.11 bits per heavy atom. The average Bonchev–Trinajstić information content (AvgIpc) is 2.74. The third kappa shape index (κ3) is 4.22. The SMILES string of the molecule is Cc1ccc(OCC(=O)N2CCC(Oc3nncc4ccccc34)CC2)cc1. The molecule has 4 rings (SSSR count). The number of carbonyl (C=O) groups excluding carboxylic acids is 1. The van der Waals surface area contributed by atoms with Crippen molar-refractivity contribution in [1.29, 1.82) is 0 Å². The number of aromatic nitrogens is 2. The molecule has 0 N–H and O–H groups in total. The van der Waals surface area contributed by atoms with Gasteiger partial charge in [-0.05, 0) is 25.1 Å². The summed E-state index contributed by atoms with van der Waals surface area (Å²) in [6, 6.07) is 15.6. The normalized spacial score (nSPS) is 14.8. The van der Waals surface area contributed by atoms with Gasteiger partial charge in [0.1, 0.15) is 11.9 Å². The number of hydrogen-bond acceptors (Lipinski definition) is 5. The van der Waals surface area contributed by atoms with Gasteiger partial charge in [0.2, 0.25) is 5.88 Å². The molecule has 0 aliphatic carbocycles. The number of benzene rings is 2. The molecule has 2 aromatic carbocycles. The molecule has 0 unspecified atom stereocenters. The van der Waals surface area contributed by atoms with Crippen LogP contribution in [0.1, 0.15) is 18.4 Å². The predicted molar refractivity (Wildman–Crippen MR) is 106 cm³/mol. The van der Waals surface area contributed by atoms with E-state index in [-0.39, 0.29) is 18.6 Å². The monoisotopic (exact) mass is 377 g/mol. The summed E-state index contributed by atoms with van der Waals surface area (Å²) in [6.07, 6.45) is 3.29. The quantitative estimate of drug-likeness (QED) is 0.682. The molecule has 3 aromatic rings. The Labute approximate surface area is 164 Å². The maximum Gasteiger partial charge on any atom is 0.260 e. The molecule has 0 radical (unpaired) electrons. The van der Waals surface area contributed by atoms with Gasteiger partial charge in [-0.2, -0.15) is 5.10 Å². The van der Waals surface area contributed by atoms with E-state index in [1.807, 2.05) is 60.4 Å². The van der Waals surface area contributed by atoms with E-state index >= 15 is 0 Å². The van der Waals surface area contributed by atoms with Crippen LogP contribution >= 0.6 is 0 Å². The van der Waals surface area contributed by atoms with Crippen molar-refractivity contribution in [2.45, 2.75) is 25.9 Å². The van der Waals surface area contributed by atoms with Gasteiger partial charge < -0.3 is 14.4 Å². The Bertz CT molecular complexity index is 945. The van der Waals surface area contributed by atoms with Crippen molar-refractivity contribution in [2.75, 3.05) is 19.7 Å². The van der Waals surface area contributed by atoms with Crippen LogP contribution in [-0.2, 0) is 4.79 Å². The lowest BCUT2D eigenvalue weighted by molar-refractivity contribution is -0.135. The zero-order valence-electron chi connectivity index (χ0n) is 15.9. The number of ether oxygens (including phenoxy) is 2. The predicted octanol–water partition coefficient (Wildman–Crippen LogP) is 3.39. The second kappa shape index (κ2) is 8.25. The second-order valence-corrected chi connectivity index (χ2v) is 7.04. The molecule has 144 valence electrons. The summed E-state index contributed by atoms with van der Waals surface area (Å²) in [5.74, 6) is 1.28. The number of likely N-dealkylation sites (tertiary alicyclic amines) is 1. The summed E-state index contributed by atoms with van der Waals surface area (Å²) in [6.45, 7) is 3.38. The molecule has 0 bridgehead atoms. The lowest BCUT2D eigenvalue weighted by Gasteiger charge is -2.32. The molecule has 6 nitrogen and oxygen atoms in total. The molecule has 1 fully saturated rings. The number of rotatable bonds is 5. The van der Waals surface area contributed by atoms with Crippen LogP contribution in [0.3, 0.4) is 0 Å². The fraction of sp³-hybridized carbons (Fsp3) is 0.318. The third-order valence-electron chi connectivity index (χ3n) is 4.99. The summed E-state index contributed by atoms with van der Waals surface area (Å²) in [7, 11) is 0. The van der Waals surface area contributed by atoms with Crippen molar-refractivity contribution in [1.82, 2.24) is 15.1 Å². The first-order valence-electron chi connectivity index (χ1n) is 9.53. The van der Waals surface area contributed by atoms with E-state index in [0.717, 1.165) is 29.2 Å². The Morgan fingerprint density at radius 3 is 2.64 bits per heavy atom. The van der Waals surface area contributed by atoms with Crippen molar-refractivity contribution < 1.29 is 14.3 Å². The first kappa shape index (κ1) is 18.2. The van der Waals surface area contributed by atoms with E-state index < -0.39 is 0 Å². The number of nitrogens with zero attached hydrogens (tertiary/aromatic N) is 3. The summed E-state index contributed by atoms with van der Waals surface area (Å²) in [5, 5.41) is 10.1. The highest BCUT2D eigenvalue weighted by atomic mass is 16.5. The highest BCUT2D eigenvalue weighted by Crippen LogP contribution is 2.25. The Kier molecular flexibility index (Phi) is 5.37. The van der Waals surface area contributed by atoms with Crippen LogP contribution in [-0.4, -0.2) is 46.8 Å². The standard InChI is InChI=1S/C22H23N3O3/c1-16-6-8-18(9-7-16)27-15-21(26)25-12-10-19(11-13-25)28-22-20-5-3-2-4-17(20)14-23-24-22/h2-9,14,19H,10-13,15H2,1H3. The van der Waals surface area contributed by atoms with Crippen LogP contribution in [0.2, 0.25) is 0 Å². The van der Waals surface area contributed by atoms with Crippen molar-refractivity contribution in [3.8, 4) is 11.6 Å². The molecule has 28 heavy (non-hydrogen) atoms. The highest BCUT2D eigenvalue weighted by Gasteiger charge is 2.25. The van der Waals surface area contributed by atoms with Gasteiger partial charge in [0.15, 0.2) is 6.61 Å². The van der Waals surface area contributed by atoms with Crippen LogP contribution in [0.5, 0.6) is 11.6 Å². The zero-order valence-corrected chi connectivity index (χ0v) is 15.9. The molecule has 0 atom stereocenters. The fourth-order valence-corrected chi connectivity index (χ4v) is 3.34. The lowest BCUT2D eigenvalue weighted by Crippen LogP contribution is -2.43. The maximum atomic E-state index is 12.4. The van der Waals surface area contributed by atoms with Crippen molar-refractivity contribution in [3.63, 3.8) is 0 Å². The molecule has 1 amide bonds. The number of amides is 1. The van der Waals surface area contributed by atoms with Gasteiger partial charge in [-0.25, -0.2) is 0 Å². The smallest absolute Gasteiger partial charge is 0.260 e. The molecule has 0 saturated carbocycles. The molecular formula is C22H23N3O3. The summed E-state index contributed by atoms with van der Waals surface area (Å²) in [5.41, 5.74) is 1.16. The molecule has 0 spiro atoms. The average molecular weight is 377 g/mol. The minimum Gasteiger partial charge on any atom is -0.484 e. The van der Waals surface area contributed by atoms with E-state index in [9.17, 15) is 4.79 Å². The van der Waals surface area contributed by atoms with E-state index in [4.69, 9.17) is 9.47 Å². The third-order valence-corrected chi connectivity index (χ3v) is 4.99. The first-order valence-corrected chi connectivity index (χ1v) is 9.53. The van der Waals surface area contributed by atoms with E-state index in [1.54, 1.807) is 6.20 Å². The molecule has 1 aliphatic heterocycles. The fourth-order valence-electron chi connectivity index (χ4n) is 3.34. The van der Waals surface area contributed by atoms with Gasteiger partial charge in [0.25, 0.3) is 5.91 Å². The van der Waals surface area contributed by atoms with Crippen LogP contribution in [0.15, 0.2) is 54.7 Å². The molecule has 6 heteroatoms. The van der Waals surface area contributed by atoms with Crippen LogP contribution < -0.4 is 9.47 Å². The topological polar surface area (TPSA) is 64.5 Å². The van der Waals surface area contributed by atoms with Crippen LogP contribution in [0.25, 0.3) is 10.8 Å². The molecular weight excluding hydrogens is 354 g/mol. The van der Waals surface area contributed by atoms with Gasteiger partial charge in [0, 0.05) is 36.7 Å². The Morgan fingerprint density at radius 2 is 1.86 bits per heavy atom. The molecule has 1 saturated heterocycles. The first-order chi connectivity index (χ1) is 13.7. The minimum absolute atomic E-state index is 0.00368. The van der Waals surface area contributed by atoms with Gasteiger partial charge in [0.05, 0.1) is 6.20 Å². The van der Waals surface area contributed by atoms with Gasteiger partial charge in [-0.3, -0.25) is 4.79 Å². The number of hydrogen-bond donors (Lipinski definition) is 0. The maximum absolute atomic E-state index is 12.4. The summed E-state index contributed by atoms with van der Waals surface area (Å²) < 4.78 is 11.7. The van der Waals surface area contributed by atoms with Crippen molar-refractivity contribution in [3.05, 3.63) is 60.3 Å². The van der Waals surface area contributed by atoms with E-state index in [2.05, 4.69) is 10.2 Å². The number of carbonyl (C=O) groups is 1. The van der Waals surface area contributed by atoms with Crippen molar-refractivity contribution in [2.24, 2.45) is 0 Å². The van der Waals surface area contributed by atoms with E-state index in [1.165, 1.54) is 0 Å². The molecule has 1 aliphatic rings. The Hall–Kier alpha value is -3.15. The highest BCUT2D eigenvalue weighted by molar-refractivity contribution is 5.85. The van der Waals surface area contributed by atoms with Gasteiger partial charge in [-0.1, -0.05) is 35.9 Å². The zero-order chi connectivity index (χ0) is 19.3. The number of piperidine rings is 1. The molecule has 1 aromatic heterocycles. The summed E-state index contributed by atoms with van der Waals surface area (Å²) >= 11 is 0. The largest absolute Gasteiger partial charge is 0.484 e. The van der Waals surface area contributed by atoms with Crippen molar-refractivity contribution >= 4 is 16.7 Å². The van der Waals surface area contributed by atoms with Gasteiger partial charge >= 0.3 is 0 Å².